The van der Waals surface area contributed by atoms with E-state index in [2.05, 4.69) is 5.32 Å². The second-order valence-electron chi connectivity index (χ2n) is 4.41. The molecule has 0 atom stereocenters. The molecule has 0 aromatic heterocycles. The average Bonchev–Trinajstić information content (AvgIpc) is 2.33. The topological polar surface area (TPSA) is 49.3 Å². The number of aryl methyl sites for hydroxylation is 2. The number of amides is 1. The number of halogens is 1. The fourth-order valence-electron chi connectivity index (χ4n) is 1.79. The molecule has 0 aliphatic heterocycles. The Labute approximate surface area is 110 Å². The van der Waals surface area contributed by atoms with Gasteiger partial charge in [0.25, 0.3) is 5.91 Å². The summed E-state index contributed by atoms with van der Waals surface area (Å²) in [6.45, 7) is 3.74. The number of carbonyl (C=O) groups excluding carboxylic acids is 1. The van der Waals surface area contributed by atoms with Gasteiger partial charge < -0.3 is 10.4 Å². The number of anilines is 1. The summed E-state index contributed by atoms with van der Waals surface area (Å²) in [6.07, 6.45) is 0. The zero-order valence-electron chi connectivity index (χ0n) is 10.7. The molecule has 0 aliphatic carbocycles. The third-order valence-corrected chi connectivity index (χ3v) is 2.86. The van der Waals surface area contributed by atoms with E-state index in [4.69, 9.17) is 0 Å². The molecule has 0 saturated heterocycles. The first-order valence-electron chi connectivity index (χ1n) is 5.85. The normalized spacial score (nSPS) is 10.3. The van der Waals surface area contributed by atoms with Crippen LogP contribution in [0.2, 0.25) is 0 Å². The summed E-state index contributed by atoms with van der Waals surface area (Å²) in [5.41, 5.74) is 2.12. The maximum Gasteiger partial charge on any atom is 0.262 e. The number of carbonyl (C=O) groups is 1. The minimum atomic E-state index is -0.747. The lowest BCUT2D eigenvalue weighted by Crippen LogP contribution is -2.14. The van der Waals surface area contributed by atoms with Gasteiger partial charge in [0.05, 0.1) is 0 Å². The van der Waals surface area contributed by atoms with Crippen molar-refractivity contribution in [2.75, 3.05) is 5.32 Å². The summed E-state index contributed by atoms with van der Waals surface area (Å²) in [4.78, 5) is 12.0. The van der Waals surface area contributed by atoms with E-state index in [0.717, 1.165) is 17.2 Å². The number of nitrogens with one attached hydrogen (secondary N) is 1. The smallest absolute Gasteiger partial charge is 0.262 e. The van der Waals surface area contributed by atoms with E-state index in [1.54, 1.807) is 6.07 Å². The molecule has 0 saturated carbocycles. The van der Waals surface area contributed by atoms with Crippen molar-refractivity contribution in [3.63, 3.8) is 0 Å². The molecule has 2 rings (SSSR count). The molecule has 2 aromatic rings. The maximum absolute atomic E-state index is 13.6. The Morgan fingerprint density at radius 1 is 1.21 bits per heavy atom. The van der Waals surface area contributed by atoms with Crippen LogP contribution in [-0.4, -0.2) is 11.0 Å². The molecule has 0 radical (unpaired) electrons. The number of phenolic OH excluding ortho intramolecular Hbond substituents is 1. The van der Waals surface area contributed by atoms with E-state index in [1.807, 2.05) is 26.0 Å². The first-order chi connectivity index (χ1) is 8.99. The molecule has 98 valence electrons. The van der Waals surface area contributed by atoms with Crippen molar-refractivity contribution in [1.29, 1.82) is 0 Å². The summed E-state index contributed by atoms with van der Waals surface area (Å²) in [5.74, 6) is -1.78. The summed E-state index contributed by atoms with van der Waals surface area (Å²) >= 11 is 0. The lowest BCUT2D eigenvalue weighted by atomic mass is 10.1. The fourth-order valence-corrected chi connectivity index (χ4v) is 1.79. The molecule has 3 nitrogen and oxygen atoms in total. The summed E-state index contributed by atoms with van der Waals surface area (Å²) < 4.78 is 13.6. The van der Waals surface area contributed by atoms with Gasteiger partial charge in [-0.1, -0.05) is 18.2 Å². The minimum Gasteiger partial charge on any atom is -0.507 e. The van der Waals surface area contributed by atoms with Crippen LogP contribution in [0.4, 0.5) is 10.1 Å². The average molecular weight is 259 g/mol. The van der Waals surface area contributed by atoms with Gasteiger partial charge in [0.1, 0.15) is 17.1 Å². The highest BCUT2D eigenvalue weighted by Crippen LogP contribution is 2.23. The van der Waals surface area contributed by atoms with E-state index in [1.165, 1.54) is 12.1 Å². The Balaban J connectivity index is 2.34. The summed E-state index contributed by atoms with van der Waals surface area (Å²) in [5, 5.41) is 12.2. The van der Waals surface area contributed by atoms with Gasteiger partial charge in [0, 0.05) is 5.69 Å². The van der Waals surface area contributed by atoms with Gasteiger partial charge in [0.2, 0.25) is 0 Å². The van der Waals surface area contributed by atoms with Crippen molar-refractivity contribution in [3.05, 3.63) is 58.9 Å². The lowest BCUT2D eigenvalue weighted by Gasteiger charge is -2.10. The van der Waals surface area contributed by atoms with E-state index in [-0.39, 0.29) is 11.3 Å². The lowest BCUT2D eigenvalue weighted by molar-refractivity contribution is 0.102. The van der Waals surface area contributed by atoms with E-state index in [0.29, 0.717) is 5.69 Å². The first kappa shape index (κ1) is 13.1. The fraction of sp³-hybridized carbons (Fsp3) is 0.133. The van der Waals surface area contributed by atoms with Crippen LogP contribution in [0.15, 0.2) is 36.4 Å². The van der Waals surface area contributed by atoms with Crippen molar-refractivity contribution in [1.82, 2.24) is 0 Å². The SMILES string of the molecule is Cc1ccc(C)c(NC(=O)c2c(O)cccc2F)c1. The number of rotatable bonds is 2. The van der Waals surface area contributed by atoms with E-state index in [9.17, 15) is 14.3 Å². The van der Waals surface area contributed by atoms with Crippen molar-refractivity contribution in [2.24, 2.45) is 0 Å². The van der Waals surface area contributed by atoms with Crippen LogP contribution in [-0.2, 0) is 0 Å². The molecule has 0 bridgehead atoms. The van der Waals surface area contributed by atoms with Crippen molar-refractivity contribution < 1.29 is 14.3 Å². The second-order valence-corrected chi connectivity index (χ2v) is 4.41. The van der Waals surface area contributed by atoms with Gasteiger partial charge in [-0.15, -0.1) is 0 Å². The highest BCUT2D eigenvalue weighted by molar-refractivity contribution is 6.06. The molecule has 0 aliphatic rings. The molecule has 2 N–H and O–H groups in total. The highest BCUT2D eigenvalue weighted by Gasteiger charge is 2.17. The molecule has 0 fully saturated rings. The van der Waals surface area contributed by atoms with Crippen molar-refractivity contribution in [3.8, 4) is 5.75 Å². The predicted molar refractivity (Wildman–Crippen MR) is 71.9 cm³/mol. The van der Waals surface area contributed by atoms with E-state index < -0.39 is 11.7 Å². The molecule has 2 aromatic carbocycles. The number of hydrogen-bond acceptors (Lipinski definition) is 2. The van der Waals surface area contributed by atoms with Gasteiger partial charge in [-0.25, -0.2) is 4.39 Å². The predicted octanol–water partition coefficient (Wildman–Crippen LogP) is 3.40. The summed E-state index contributed by atoms with van der Waals surface area (Å²) in [6, 6.07) is 9.35. The van der Waals surface area contributed by atoms with Crippen LogP contribution < -0.4 is 5.32 Å². The van der Waals surface area contributed by atoms with Crippen LogP contribution in [0.1, 0.15) is 21.5 Å². The summed E-state index contributed by atoms with van der Waals surface area (Å²) in [7, 11) is 0. The number of aromatic hydroxyl groups is 1. The molecule has 0 unspecified atom stereocenters. The number of phenols is 1. The molecule has 19 heavy (non-hydrogen) atoms. The Hall–Kier alpha value is -2.36. The van der Waals surface area contributed by atoms with Crippen LogP contribution in [0.25, 0.3) is 0 Å². The molecule has 0 heterocycles. The molecule has 1 amide bonds. The van der Waals surface area contributed by atoms with Crippen molar-refractivity contribution >= 4 is 11.6 Å². The third-order valence-electron chi connectivity index (χ3n) is 2.86. The zero-order chi connectivity index (χ0) is 14.0. The van der Waals surface area contributed by atoms with Crippen LogP contribution in [0.3, 0.4) is 0 Å². The van der Waals surface area contributed by atoms with Gasteiger partial charge in [0.15, 0.2) is 0 Å². The van der Waals surface area contributed by atoms with Crippen molar-refractivity contribution in [2.45, 2.75) is 13.8 Å². The largest absolute Gasteiger partial charge is 0.507 e. The van der Waals surface area contributed by atoms with E-state index >= 15 is 0 Å². The Morgan fingerprint density at radius 2 is 1.95 bits per heavy atom. The van der Waals surface area contributed by atoms with Gasteiger partial charge >= 0.3 is 0 Å². The number of hydrogen-bond donors (Lipinski definition) is 2. The molecule has 0 spiro atoms. The van der Waals surface area contributed by atoms with Crippen LogP contribution >= 0.6 is 0 Å². The standard InChI is InChI=1S/C15H14FNO2/c1-9-6-7-10(2)12(8-9)17-15(19)14-11(16)4-3-5-13(14)18/h3-8,18H,1-2H3,(H,17,19). The highest BCUT2D eigenvalue weighted by atomic mass is 19.1. The number of benzene rings is 2. The maximum atomic E-state index is 13.6. The Bertz CT molecular complexity index is 618. The van der Waals surface area contributed by atoms with Gasteiger partial charge in [-0.3, -0.25) is 4.79 Å². The Morgan fingerprint density at radius 3 is 2.63 bits per heavy atom. The third kappa shape index (κ3) is 2.73. The van der Waals surface area contributed by atoms with Crippen LogP contribution in [0, 0.1) is 19.7 Å². The molecule has 4 heteroatoms. The monoisotopic (exact) mass is 259 g/mol. The minimum absolute atomic E-state index is 0.344. The van der Waals surface area contributed by atoms with Crippen LogP contribution in [0.5, 0.6) is 5.75 Å². The van der Waals surface area contributed by atoms with Gasteiger partial charge in [-0.2, -0.15) is 0 Å². The Kier molecular flexibility index (Phi) is 3.51. The first-order valence-corrected chi connectivity index (χ1v) is 5.85. The molecular formula is C15H14FNO2. The zero-order valence-corrected chi connectivity index (χ0v) is 10.7. The molecular weight excluding hydrogens is 245 g/mol. The second kappa shape index (κ2) is 5.10. The quantitative estimate of drug-likeness (QED) is 0.868. The van der Waals surface area contributed by atoms with Gasteiger partial charge in [-0.05, 0) is 43.2 Å².